The molecule has 6 nitrogen and oxygen atoms in total. The van der Waals surface area contributed by atoms with Gasteiger partial charge in [0.25, 0.3) is 5.91 Å². The van der Waals surface area contributed by atoms with Crippen molar-refractivity contribution in [3.05, 3.63) is 65.7 Å². The van der Waals surface area contributed by atoms with E-state index in [2.05, 4.69) is 35.1 Å². The minimum absolute atomic E-state index is 0.0485. The third kappa shape index (κ3) is 6.23. The normalized spacial score (nSPS) is 11.7. The molecular weight excluding hydrogens is 384 g/mol. The molecule has 0 saturated carbocycles. The maximum atomic E-state index is 12.4. The Morgan fingerprint density at radius 3 is 2.28 bits per heavy atom. The summed E-state index contributed by atoms with van der Waals surface area (Å²) in [4.78, 5) is 29.4. The Kier molecular flexibility index (Phi) is 7.10. The number of anilines is 2. The van der Waals surface area contributed by atoms with Crippen LogP contribution in [-0.4, -0.2) is 29.9 Å². The minimum Gasteiger partial charge on any atom is -0.326 e. The van der Waals surface area contributed by atoms with Crippen LogP contribution in [0.15, 0.2) is 60.0 Å². The average molecular weight is 410 g/mol. The SMILES string of the molecule is CC[NH+](CC(=O)Nc1ccc(NC(C)=O)cc1)Cc1csc(-c2ccccc2)n1. The van der Waals surface area contributed by atoms with E-state index in [0.717, 1.165) is 27.7 Å². The summed E-state index contributed by atoms with van der Waals surface area (Å²) in [5, 5.41) is 8.69. The first kappa shape index (κ1) is 20.7. The highest BCUT2D eigenvalue weighted by molar-refractivity contribution is 7.13. The standard InChI is InChI=1S/C22H24N4O2S/c1-3-26(13-20-15-29-22(25-20)17-7-5-4-6-8-17)14-21(28)24-19-11-9-18(10-12-19)23-16(2)27/h4-12,15H,3,13-14H2,1-2H3,(H,23,27)(H,24,28)/p+1. The van der Waals surface area contributed by atoms with Gasteiger partial charge in [0.15, 0.2) is 6.54 Å². The van der Waals surface area contributed by atoms with Crippen LogP contribution in [0.25, 0.3) is 10.6 Å². The first-order valence-corrected chi connectivity index (χ1v) is 10.4. The number of nitrogens with one attached hydrogen (secondary N) is 3. The van der Waals surface area contributed by atoms with Gasteiger partial charge in [0.1, 0.15) is 17.2 Å². The predicted molar refractivity (Wildman–Crippen MR) is 117 cm³/mol. The highest BCUT2D eigenvalue weighted by Crippen LogP contribution is 2.22. The summed E-state index contributed by atoms with van der Waals surface area (Å²) in [6.07, 6.45) is 0. The van der Waals surface area contributed by atoms with Gasteiger partial charge < -0.3 is 15.5 Å². The van der Waals surface area contributed by atoms with Crippen molar-refractivity contribution in [2.75, 3.05) is 23.7 Å². The van der Waals surface area contributed by atoms with Crippen LogP contribution >= 0.6 is 11.3 Å². The van der Waals surface area contributed by atoms with Crippen LogP contribution in [0.5, 0.6) is 0 Å². The molecule has 2 amide bonds. The molecule has 0 aliphatic heterocycles. The molecule has 3 N–H and O–H groups in total. The van der Waals surface area contributed by atoms with Gasteiger partial charge in [-0.1, -0.05) is 30.3 Å². The topological polar surface area (TPSA) is 75.5 Å². The second-order valence-electron chi connectivity index (χ2n) is 6.77. The lowest BCUT2D eigenvalue weighted by Gasteiger charge is -2.16. The molecule has 1 aromatic heterocycles. The Balaban J connectivity index is 1.55. The van der Waals surface area contributed by atoms with Crippen LogP contribution in [0.2, 0.25) is 0 Å². The zero-order valence-electron chi connectivity index (χ0n) is 16.6. The van der Waals surface area contributed by atoms with Gasteiger partial charge in [-0.2, -0.15) is 0 Å². The number of aromatic nitrogens is 1. The lowest BCUT2D eigenvalue weighted by Crippen LogP contribution is -3.11. The van der Waals surface area contributed by atoms with Crippen LogP contribution in [-0.2, 0) is 16.1 Å². The molecule has 2 aromatic carbocycles. The van der Waals surface area contributed by atoms with E-state index in [4.69, 9.17) is 4.98 Å². The van der Waals surface area contributed by atoms with Gasteiger partial charge in [-0.05, 0) is 31.2 Å². The lowest BCUT2D eigenvalue weighted by molar-refractivity contribution is -0.904. The summed E-state index contributed by atoms with van der Waals surface area (Å²) < 4.78 is 0. The Bertz CT molecular complexity index is 954. The third-order valence-electron chi connectivity index (χ3n) is 4.40. The number of carbonyl (C=O) groups excluding carboxylic acids is 2. The van der Waals surface area contributed by atoms with Gasteiger partial charge in [-0.25, -0.2) is 4.98 Å². The smallest absolute Gasteiger partial charge is 0.279 e. The van der Waals surface area contributed by atoms with Crippen LogP contribution in [0.4, 0.5) is 11.4 Å². The number of nitrogens with zero attached hydrogens (tertiary/aromatic N) is 1. The second kappa shape index (κ2) is 9.95. The quantitative estimate of drug-likeness (QED) is 0.536. The largest absolute Gasteiger partial charge is 0.326 e. The Hall–Kier alpha value is -3.03. The molecule has 7 heteroatoms. The number of hydrogen-bond acceptors (Lipinski definition) is 4. The summed E-state index contributed by atoms with van der Waals surface area (Å²) in [7, 11) is 0. The van der Waals surface area contributed by atoms with Crippen molar-refractivity contribution >= 4 is 34.5 Å². The molecule has 0 bridgehead atoms. The van der Waals surface area contributed by atoms with Crippen molar-refractivity contribution in [1.82, 2.24) is 4.98 Å². The number of rotatable bonds is 8. The van der Waals surface area contributed by atoms with Gasteiger partial charge in [-0.15, -0.1) is 11.3 Å². The van der Waals surface area contributed by atoms with E-state index in [1.165, 1.54) is 6.92 Å². The molecule has 3 aromatic rings. The van der Waals surface area contributed by atoms with Crippen LogP contribution in [0, 0.1) is 0 Å². The molecule has 29 heavy (non-hydrogen) atoms. The fraction of sp³-hybridized carbons (Fsp3) is 0.227. The molecular formula is C22H25N4O2S+. The average Bonchev–Trinajstić information content (AvgIpc) is 3.18. The van der Waals surface area contributed by atoms with Crippen LogP contribution in [0.1, 0.15) is 19.5 Å². The van der Waals surface area contributed by atoms with Gasteiger partial charge in [-0.3, -0.25) is 9.59 Å². The molecule has 1 heterocycles. The van der Waals surface area contributed by atoms with Crippen molar-refractivity contribution < 1.29 is 14.5 Å². The van der Waals surface area contributed by atoms with Gasteiger partial charge in [0.2, 0.25) is 5.91 Å². The number of amides is 2. The summed E-state index contributed by atoms with van der Waals surface area (Å²) >= 11 is 1.63. The number of benzene rings is 2. The molecule has 0 aliphatic carbocycles. The van der Waals surface area contributed by atoms with Gasteiger partial charge >= 0.3 is 0 Å². The minimum atomic E-state index is -0.124. The van der Waals surface area contributed by atoms with Gasteiger partial charge in [0, 0.05) is 29.2 Å². The fourth-order valence-corrected chi connectivity index (χ4v) is 3.77. The van der Waals surface area contributed by atoms with Crippen molar-refractivity contribution in [3.63, 3.8) is 0 Å². The molecule has 0 spiro atoms. The summed E-state index contributed by atoms with van der Waals surface area (Å²) in [5.41, 5.74) is 3.52. The zero-order valence-corrected chi connectivity index (χ0v) is 17.4. The van der Waals surface area contributed by atoms with Gasteiger partial charge in [0.05, 0.1) is 6.54 Å². The third-order valence-corrected chi connectivity index (χ3v) is 5.34. The van der Waals surface area contributed by atoms with Crippen molar-refractivity contribution in [2.45, 2.75) is 20.4 Å². The Morgan fingerprint density at radius 1 is 1.00 bits per heavy atom. The molecule has 0 aliphatic rings. The van der Waals surface area contributed by atoms with E-state index in [1.54, 1.807) is 35.6 Å². The number of thiazole rings is 1. The van der Waals surface area contributed by atoms with E-state index >= 15 is 0 Å². The highest BCUT2D eigenvalue weighted by Gasteiger charge is 2.15. The van der Waals surface area contributed by atoms with Crippen molar-refractivity contribution in [2.24, 2.45) is 0 Å². The van der Waals surface area contributed by atoms with Crippen LogP contribution < -0.4 is 15.5 Å². The second-order valence-corrected chi connectivity index (χ2v) is 7.63. The van der Waals surface area contributed by atoms with Crippen molar-refractivity contribution in [1.29, 1.82) is 0 Å². The molecule has 0 radical (unpaired) electrons. The van der Waals surface area contributed by atoms with E-state index in [-0.39, 0.29) is 11.8 Å². The maximum Gasteiger partial charge on any atom is 0.279 e. The summed E-state index contributed by atoms with van der Waals surface area (Å²) in [5.74, 6) is -0.172. The molecule has 3 rings (SSSR count). The number of quaternary nitrogens is 1. The van der Waals surface area contributed by atoms with Crippen LogP contribution in [0.3, 0.4) is 0 Å². The first-order valence-electron chi connectivity index (χ1n) is 9.54. The monoisotopic (exact) mass is 409 g/mol. The molecule has 0 fully saturated rings. The zero-order chi connectivity index (χ0) is 20.6. The first-order chi connectivity index (χ1) is 14.0. The van der Waals surface area contributed by atoms with E-state index in [1.807, 2.05) is 18.2 Å². The number of carbonyl (C=O) groups is 2. The number of hydrogen-bond donors (Lipinski definition) is 3. The molecule has 1 atom stereocenters. The Labute approximate surface area is 174 Å². The molecule has 1 unspecified atom stereocenters. The molecule has 0 saturated heterocycles. The van der Waals surface area contributed by atoms with E-state index in [0.29, 0.717) is 24.5 Å². The lowest BCUT2D eigenvalue weighted by atomic mass is 10.2. The van der Waals surface area contributed by atoms with Crippen molar-refractivity contribution in [3.8, 4) is 10.6 Å². The van der Waals surface area contributed by atoms with E-state index < -0.39 is 0 Å². The summed E-state index contributed by atoms with van der Waals surface area (Å²) in [6.45, 7) is 5.42. The summed E-state index contributed by atoms with van der Waals surface area (Å²) in [6, 6.07) is 17.2. The van der Waals surface area contributed by atoms with E-state index in [9.17, 15) is 9.59 Å². The Morgan fingerprint density at radius 2 is 1.66 bits per heavy atom. The fourth-order valence-electron chi connectivity index (χ4n) is 2.94. The highest BCUT2D eigenvalue weighted by atomic mass is 32.1. The predicted octanol–water partition coefficient (Wildman–Crippen LogP) is 2.81. The maximum absolute atomic E-state index is 12.4. The molecule has 150 valence electrons. The number of likely N-dealkylation sites (N-methyl/N-ethyl adjacent to an activating group) is 1.